The number of halogens is 1. The number of nitrogens with zero attached hydrogens (tertiary/aromatic N) is 1. The van der Waals surface area contributed by atoms with Crippen LogP contribution in [0.15, 0.2) is 59.5 Å². The number of quaternary nitrogens is 1. The molecule has 1 N–H and O–H groups in total. The van der Waals surface area contributed by atoms with E-state index >= 15 is 0 Å². The van der Waals surface area contributed by atoms with Gasteiger partial charge in [0.25, 0.3) is 0 Å². The zero-order chi connectivity index (χ0) is 18.9. The first-order chi connectivity index (χ1) is 12.2. The maximum absolute atomic E-state index is 9.90. The molecule has 140 valence electrons. The van der Waals surface area contributed by atoms with Gasteiger partial charge >= 0.3 is 0 Å². The van der Waals surface area contributed by atoms with E-state index in [-0.39, 0.29) is 41.1 Å². The molecule has 2 atom stereocenters. The largest absolute Gasteiger partial charge is 0.506 e. The number of rotatable bonds is 1. The van der Waals surface area contributed by atoms with Gasteiger partial charge in [-0.15, -0.1) is 0 Å². The van der Waals surface area contributed by atoms with E-state index in [1.54, 1.807) is 6.07 Å². The molecule has 3 aliphatic rings. The molecule has 1 aliphatic carbocycles. The molecule has 5 heteroatoms. The zero-order valence-corrected chi connectivity index (χ0v) is 20.0. The molecule has 2 heterocycles. The minimum Gasteiger partial charge on any atom is -0.506 e. The molecule has 1 aromatic carbocycles. The van der Waals surface area contributed by atoms with E-state index in [4.69, 9.17) is 16.3 Å². The molecule has 0 spiro atoms. The molecule has 3 nitrogen and oxygen atoms in total. The summed E-state index contributed by atoms with van der Waals surface area (Å²) >= 11 is 6.18. The maximum atomic E-state index is 9.90. The second-order valence-corrected chi connectivity index (χ2v) is 8.73. The molecular weight excluding hydrogens is 464 g/mol. The third kappa shape index (κ3) is 2.81. The Morgan fingerprint density at radius 3 is 2.63 bits per heavy atom. The summed E-state index contributed by atoms with van der Waals surface area (Å²) in [5, 5.41) is 10.3. The van der Waals surface area contributed by atoms with Crippen LogP contribution in [-0.4, -0.2) is 53.1 Å². The Morgan fingerprint density at radius 1 is 1.26 bits per heavy atom. The number of hydrogen-bond acceptors (Lipinski definition) is 2. The molecule has 2 unspecified atom stereocenters. The van der Waals surface area contributed by atoms with Crippen molar-refractivity contribution in [2.24, 2.45) is 5.92 Å². The summed E-state index contributed by atoms with van der Waals surface area (Å²) in [5.41, 5.74) is 4.60. The second kappa shape index (κ2) is 6.71. The molecule has 2 aliphatic heterocycles. The number of allylic oxidation sites excluding steroid dienone is 3. The Hall–Kier alpha value is -1.17. The van der Waals surface area contributed by atoms with Crippen LogP contribution in [0, 0.1) is 5.92 Å². The van der Waals surface area contributed by atoms with Crippen molar-refractivity contribution < 1.29 is 14.3 Å². The van der Waals surface area contributed by atoms with Crippen LogP contribution in [-0.2, 0) is 0 Å². The van der Waals surface area contributed by atoms with Gasteiger partial charge in [-0.2, -0.15) is 0 Å². The summed E-state index contributed by atoms with van der Waals surface area (Å²) in [6.45, 7) is 6.71. The Balaban J connectivity index is 0.00000210. The van der Waals surface area contributed by atoms with Crippen molar-refractivity contribution in [3.63, 3.8) is 0 Å². The van der Waals surface area contributed by atoms with Crippen LogP contribution in [0.25, 0.3) is 0 Å². The van der Waals surface area contributed by atoms with Gasteiger partial charge in [-0.1, -0.05) is 31.5 Å². The van der Waals surface area contributed by atoms with E-state index in [2.05, 4.69) is 59.3 Å². The van der Waals surface area contributed by atoms with Crippen LogP contribution >= 0.6 is 11.6 Å². The number of phenolic OH excluding ortho intramolecular Hbond substituents is 1. The molecule has 0 amide bonds. The summed E-state index contributed by atoms with van der Waals surface area (Å²) in [7, 11) is 4.52. The van der Waals surface area contributed by atoms with Crippen molar-refractivity contribution in [3.8, 4) is 11.5 Å². The maximum Gasteiger partial charge on any atom is 0.150 e. The number of fused-ring (bicyclic) bond motifs is 5. The third-order valence-corrected chi connectivity index (χ3v) is 6.38. The molecule has 4 radical (unpaired) electrons. The number of benzene rings is 1. The van der Waals surface area contributed by atoms with Crippen molar-refractivity contribution in [3.05, 3.63) is 70.1 Å². The van der Waals surface area contributed by atoms with Gasteiger partial charge in [0.15, 0.2) is 0 Å². The SMILES string of the molecule is CC1=C[N+](C)(C)C2(C(C)C)C=CC3C(=COc4cc(O)c(Cl)cc43)C2=C1.[Sn]. The van der Waals surface area contributed by atoms with Gasteiger partial charge in [-0.05, 0) is 25.1 Å². The van der Waals surface area contributed by atoms with Gasteiger partial charge in [-0.3, -0.25) is 4.48 Å². The smallest absolute Gasteiger partial charge is 0.150 e. The van der Waals surface area contributed by atoms with Crippen LogP contribution in [0.4, 0.5) is 0 Å². The molecular formula is C22H25ClNO2Sn+. The van der Waals surface area contributed by atoms with Crippen molar-refractivity contribution >= 4 is 35.5 Å². The summed E-state index contributed by atoms with van der Waals surface area (Å²) in [6.07, 6.45) is 11.1. The van der Waals surface area contributed by atoms with E-state index < -0.39 is 0 Å². The van der Waals surface area contributed by atoms with Crippen molar-refractivity contribution in [1.29, 1.82) is 0 Å². The second-order valence-electron chi connectivity index (χ2n) is 8.32. The monoisotopic (exact) mass is 490 g/mol. The summed E-state index contributed by atoms with van der Waals surface area (Å²) in [4.78, 5) is 0. The number of ether oxygens (including phenoxy) is 1. The first-order valence-electron chi connectivity index (χ1n) is 9.01. The van der Waals surface area contributed by atoms with E-state index in [1.165, 1.54) is 16.7 Å². The van der Waals surface area contributed by atoms with Gasteiger partial charge in [0.2, 0.25) is 0 Å². The topological polar surface area (TPSA) is 29.5 Å². The molecule has 0 bridgehead atoms. The third-order valence-electron chi connectivity index (χ3n) is 6.08. The Morgan fingerprint density at radius 2 is 1.96 bits per heavy atom. The van der Waals surface area contributed by atoms with Crippen LogP contribution in [0.2, 0.25) is 5.02 Å². The van der Waals surface area contributed by atoms with Gasteiger partial charge in [-0.25, -0.2) is 0 Å². The fourth-order valence-electron chi connectivity index (χ4n) is 5.02. The molecule has 0 saturated heterocycles. The molecule has 0 fully saturated rings. The summed E-state index contributed by atoms with van der Waals surface area (Å²) < 4.78 is 6.69. The van der Waals surface area contributed by atoms with E-state index in [0.717, 1.165) is 10.0 Å². The standard InChI is InChI=1S/C22H24ClNO2.Sn/c1-13(2)22-7-6-15-16-9-19(23)20(25)10-21(16)26-12-17(15)18(22)8-14(3)11-24(22,4)5;/h6-13,15H,1-5H3;/p+1. The quantitative estimate of drug-likeness (QED) is 0.345. The van der Waals surface area contributed by atoms with Crippen molar-refractivity contribution in [1.82, 2.24) is 0 Å². The van der Waals surface area contributed by atoms with Crippen molar-refractivity contribution in [2.45, 2.75) is 32.2 Å². The predicted molar refractivity (Wildman–Crippen MR) is 111 cm³/mol. The Kier molecular flexibility index (Phi) is 5.11. The minimum atomic E-state index is -0.135. The zero-order valence-electron chi connectivity index (χ0n) is 16.4. The average Bonchev–Trinajstić information content (AvgIpc) is 2.54. The fourth-order valence-corrected chi connectivity index (χ4v) is 5.20. The normalized spacial score (nSPS) is 27.2. The summed E-state index contributed by atoms with van der Waals surface area (Å²) in [5.74, 6) is 1.21. The van der Waals surface area contributed by atoms with Crippen LogP contribution in [0.3, 0.4) is 0 Å². The van der Waals surface area contributed by atoms with Gasteiger partial charge in [0.05, 0.1) is 31.6 Å². The predicted octanol–water partition coefficient (Wildman–Crippen LogP) is 4.91. The van der Waals surface area contributed by atoms with Crippen LogP contribution in [0.1, 0.15) is 32.3 Å². The van der Waals surface area contributed by atoms with Gasteiger partial charge < -0.3 is 9.84 Å². The Bertz CT molecular complexity index is 926. The summed E-state index contributed by atoms with van der Waals surface area (Å²) in [6, 6.07) is 3.42. The molecule has 4 rings (SSSR count). The number of phenols is 1. The number of aromatic hydroxyl groups is 1. The van der Waals surface area contributed by atoms with E-state index in [0.29, 0.717) is 16.7 Å². The molecule has 0 saturated carbocycles. The van der Waals surface area contributed by atoms with Gasteiger partial charge in [0, 0.05) is 64.1 Å². The van der Waals surface area contributed by atoms with Gasteiger partial charge in [0.1, 0.15) is 17.0 Å². The average molecular weight is 490 g/mol. The van der Waals surface area contributed by atoms with E-state index in [1.807, 2.05) is 12.3 Å². The van der Waals surface area contributed by atoms with Crippen molar-refractivity contribution in [2.75, 3.05) is 14.1 Å². The molecule has 1 aromatic rings. The fraction of sp³-hybridized carbons (Fsp3) is 0.364. The van der Waals surface area contributed by atoms with Crippen LogP contribution in [0.5, 0.6) is 11.5 Å². The number of likely N-dealkylation sites (N-methyl/N-ethyl adjacent to an activating group) is 1. The minimum absolute atomic E-state index is 0. The van der Waals surface area contributed by atoms with E-state index in [9.17, 15) is 5.11 Å². The first kappa shape index (κ1) is 20.6. The van der Waals surface area contributed by atoms with Crippen LogP contribution < -0.4 is 4.74 Å². The first-order valence-corrected chi connectivity index (χ1v) is 9.39. The Labute approximate surface area is 183 Å². The number of hydrogen-bond donors (Lipinski definition) is 1. The molecule has 0 aromatic heterocycles. The molecule has 27 heavy (non-hydrogen) atoms.